The lowest BCUT2D eigenvalue weighted by atomic mass is 9.93. The minimum Gasteiger partial charge on any atom is -0.497 e. The Morgan fingerprint density at radius 3 is 2.71 bits per heavy atom. The van der Waals surface area contributed by atoms with Gasteiger partial charge in [-0.15, -0.1) is 0 Å². The third kappa shape index (κ3) is 3.42. The molecule has 3 nitrogen and oxygen atoms in total. The average molecular weight is 327 g/mol. The van der Waals surface area contributed by atoms with Crippen LogP contribution in [0.25, 0.3) is 0 Å². The van der Waals surface area contributed by atoms with Crippen molar-refractivity contribution in [1.29, 1.82) is 0 Å². The number of aryl methyl sites for hydroxylation is 1. The molecule has 1 amide bonds. The first-order chi connectivity index (χ1) is 11.6. The van der Waals surface area contributed by atoms with Crippen LogP contribution < -0.4 is 4.74 Å². The van der Waals surface area contributed by atoms with Crippen molar-refractivity contribution < 1.29 is 13.9 Å². The van der Waals surface area contributed by atoms with E-state index in [1.807, 2.05) is 11.0 Å². The van der Waals surface area contributed by atoms with Crippen molar-refractivity contribution in [2.75, 3.05) is 13.7 Å². The summed E-state index contributed by atoms with van der Waals surface area (Å²) in [6.07, 6.45) is 1.93. The van der Waals surface area contributed by atoms with Crippen LogP contribution in [0.3, 0.4) is 0 Å². The number of halogens is 1. The van der Waals surface area contributed by atoms with Crippen LogP contribution >= 0.6 is 0 Å². The van der Waals surface area contributed by atoms with E-state index in [9.17, 15) is 9.18 Å². The summed E-state index contributed by atoms with van der Waals surface area (Å²) >= 11 is 0. The molecular formula is C20H22FNO2. The summed E-state index contributed by atoms with van der Waals surface area (Å²) in [5, 5.41) is 0. The molecule has 0 radical (unpaired) electrons. The van der Waals surface area contributed by atoms with E-state index in [2.05, 4.69) is 19.1 Å². The van der Waals surface area contributed by atoms with Crippen molar-refractivity contribution in [2.45, 2.75) is 32.2 Å². The van der Waals surface area contributed by atoms with Crippen LogP contribution in [0.5, 0.6) is 5.75 Å². The van der Waals surface area contributed by atoms with Crippen LogP contribution in [0.4, 0.5) is 4.39 Å². The molecule has 0 N–H and O–H groups in total. The molecule has 1 atom stereocenters. The Bertz CT molecular complexity index is 727. The van der Waals surface area contributed by atoms with E-state index in [0.717, 1.165) is 24.3 Å². The number of nitrogens with zero attached hydrogens (tertiary/aromatic N) is 1. The fourth-order valence-corrected chi connectivity index (χ4v) is 3.32. The SMILES string of the molecule is COc1ccc2c(c1)CCN(C(=O)CCc1ccc(F)cc1)C2C. The highest BCUT2D eigenvalue weighted by atomic mass is 19.1. The second kappa shape index (κ2) is 7.04. The van der Waals surface area contributed by atoms with Gasteiger partial charge in [-0.3, -0.25) is 4.79 Å². The summed E-state index contributed by atoms with van der Waals surface area (Å²) in [4.78, 5) is 14.6. The number of carbonyl (C=O) groups excluding carboxylic acids is 1. The second-order valence-corrected chi connectivity index (χ2v) is 6.20. The number of hydrogen-bond donors (Lipinski definition) is 0. The van der Waals surface area contributed by atoms with Gasteiger partial charge in [0.25, 0.3) is 0 Å². The van der Waals surface area contributed by atoms with E-state index < -0.39 is 0 Å². The summed E-state index contributed by atoms with van der Waals surface area (Å²) in [7, 11) is 1.67. The molecule has 2 aromatic carbocycles. The van der Waals surface area contributed by atoms with Crippen LogP contribution in [-0.4, -0.2) is 24.5 Å². The lowest BCUT2D eigenvalue weighted by Crippen LogP contribution is -2.38. The minimum absolute atomic E-state index is 0.0698. The van der Waals surface area contributed by atoms with Crippen LogP contribution in [0, 0.1) is 5.82 Å². The van der Waals surface area contributed by atoms with E-state index in [1.54, 1.807) is 19.2 Å². The highest BCUT2D eigenvalue weighted by Gasteiger charge is 2.27. The highest BCUT2D eigenvalue weighted by molar-refractivity contribution is 5.77. The van der Waals surface area contributed by atoms with Gasteiger partial charge in [0, 0.05) is 13.0 Å². The Morgan fingerprint density at radius 1 is 1.25 bits per heavy atom. The second-order valence-electron chi connectivity index (χ2n) is 6.20. The van der Waals surface area contributed by atoms with Crippen LogP contribution in [0.2, 0.25) is 0 Å². The lowest BCUT2D eigenvalue weighted by molar-refractivity contribution is -0.133. The molecule has 126 valence electrons. The molecule has 0 saturated heterocycles. The molecule has 4 heteroatoms. The van der Waals surface area contributed by atoms with Gasteiger partial charge in [-0.05, 0) is 60.7 Å². The van der Waals surface area contributed by atoms with Crippen molar-refractivity contribution in [3.8, 4) is 5.75 Å². The molecule has 0 aliphatic carbocycles. The van der Waals surface area contributed by atoms with Crippen LogP contribution in [0.1, 0.15) is 36.1 Å². The molecular weight excluding hydrogens is 305 g/mol. The zero-order chi connectivity index (χ0) is 17.1. The van der Waals surface area contributed by atoms with E-state index in [-0.39, 0.29) is 17.8 Å². The molecule has 0 aromatic heterocycles. The van der Waals surface area contributed by atoms with Gasteiger partial charge >= 0.3 is 0 Å². The Morgan fingerprint density at radius 2 is 2.00 bits per heavy atom. The molecule has 1 aliphatic heterocycles. The molecule has 24 heavy (non-hydrogen) atoms. The predicted octanol–water partition coefficient (Wildman–Crippen LogP) is 3.91. The summed E-state index contributed by atoms with van der Waals surface area (Å²) in [6.45, 7) is 2.80. The van der Waals surface area contributed by atoms with E-state index in [0.29, 0.717) is 12.8 Å². The highest BCUT2D eigenvalue weighted by Crippen LogP contribution is 2.32. The third-order valence-corrected chi connectivity index (χ3v) is 4.75. The van der Waals surface area contributed by atoms with Crippen molar-refractivity contribution in [3.63, 3.8) is 0 Å². The molecule has 0 saturated carbocycles. The molecule has 0 fully saturated rings. The van der Waals surface area contributed by atoms with Crippen molar-refractivity contribution in [3.05, 3.63) is 65.0 Å². The molecule has 1 heterocycles. The quantitative estimate of drug-likeness (QED) is 0.852. The number of methoxy groups -OCH3 is 1. The molecule has 2 aromatic rings. The zero-order valence-corrected chi connectivity index (χ0v) is 14.1. The summed E-state index contributed by atoms with van der Waals surface area (Å²) < 4.78 is 18.2. The fourth-order valence-electron chi connectivity index (χ4n) is 3.32. The first-order valence-corrected chi connectivity index (χ1v) is 8.29. The summed E-state index contributed by atoms with van der Waals surface area (Å²) in [5.41, 5.74) is 3.43. The Hall–Kier alpha value is -2.36. The zero-order valence-electron chi connectivity index (χ0n) is 14.1. The molecule has 3 rings (SSSR count). The van der Waals surface area contributed by atoms with Gasteiger partial charge < -0.3 is 9.64 Å². The van der Waals surface area contributed by atoms with Crippen molar-refractivity contribution >= 4 is 5.91 Å². The van der Waals surface area contributed by atoms with Gasteiger partial charge in [-0.25, -0.2) is 4.39 Å². The summed E-state index contributed by atoms with van der Waals surface area (Å²) in [5.74, 6) is 0.757. The Kier molecular flexibility index (Phi) is 4.84. The van der Waals surface area contributed by atoms with Gasteiger partial charge in [0.1, 0.15) is 11.6 Å². The van der Waals surface area contributed by atoms with Crippen molar-refractivity contribution in [1.82, 2.24) is 4.90 Å². The summed E-state index contributed by atoms with van der Waals surface area (Å²) in [6, 6.07) is 12.5. The topological polar surface area (TPSA) is 29.5 Å². The maximum atomic E-state index is 12.9. The fraction of sp³-hybridized carbons (Fsp3) is 0.350. The van der Waals surface area contributed by atoms with Gasteiger partial charge in [-0.1, -0.05) is 18.2 Å². The van der Waals surface area contributed by atoms with Crippen LogP contribution in [-0.2, 0) is 17.6 Å². The van der Waals surface area contributed by atoms with E-state index >= 15 is 0 Å². The first-order valence-electron chi connectivity index (χ1n) is 8.29. The average Bonchev–Trinajstić information content (AvgIpc) is 2.61. The third-order valence-electron chi connectivity index (χ3n) is 4.75. The molecule has 0 spiro atoms. The van der Waals surface area contributed by atoms with Gasteiger partial charge in [0.05, 0.1) is 13.2 Å². The predicted molar refractivity (Wildman–Crippen MR) is 91.5 cm³/mol. The van der Waals surface area contributed by atoms with E-state index in [4.69, 9.17) is 4.74 Å². The number of benzene rings is 2. The van der Waals surface area contributed by atoms with Gasteiger partial charge in [0.2, 0.25) is 5.91 Å². The number of rotatable bonds is 4. The molecule has 1 aliphatic rings. The van der Waals surface area contributed by atoms with Gasteiger partial charge in [0.15, 0.2) is 0 Å². The number of hydrogen-bond acceptors (Lipinski definition) is 2. The number of amides is 1. The number of carbonyl (C=O) groups is 1. The standard InChI is InChI=1S/C20H22FNO2/c1-14-19-9-8-18(24-2)13-16(19)11-12-22(14)20(23)10-5-15-3-6-17(21)7-4-15/h3-4,6-9,13-14H,5,10-12H2,1-2H3. The molecule has 0 bridgehead atoms. The van der Waals surface area contributed by atoms with Crippen molar-refractivity contribution in [2.24, 2.45) is 0 Å². The largest absolute Gasteiger partial charge is 0.497 e. The molecule has 1 unspecified atom stereocenters. The minimum atomic E-state index is -0.248. The van der Waals surface area contributed by atoms with Crippen LogP contribution in [0.15, 0.2) is 42.5 Å². The number of ether oxygens (including phenoxy) is 1. The maximum absolute atomic E-state index is 12.9. The maximum Gasteiger partial charge on any atom is 0.223 e. The lowest BCUT2D eigenvalue weighted by Gasteiger charge is -2.35. The Balaban J connectivity index is 1.66. The monoisotopic (exact) mass is 327 g/mol. The van der Waals surface area contributed by atoms with E-state index in [1.165, 1.54) is 23.3 Å². The number of fused-ring (bicyclic) bond motifs is 1. The normalized spacial score (nSPS) is 16.6. The first kappa shape index (κ1) is 16.5. The smallest absolute Gasteiger partial charge is 0.223 e. The van der Waals surface area contributed by atoms with Gasteiger partial charge in [-0.2, -0.15) is 0 Å². The Labute approximate surface area is 142 Å².